The number of nitro groups is 1. The Balaban J connectivity index is 1.68. The second-order valence-electron chi connectivity index (χ2n) is 6.87. The molecule has 1 aliphatic rings. The number of ketones is 1. The fourth-order valence-electron chi connectivity index (χ4n) is 3.50. The Bertz CT molecular complexity index is 1090. The van der Waals surface area contributed by atoms with Crippen molar-refractivity contribution in [1.29, 1.82) is 0 Å². The van der Waals surface area contributed by atoms with Crippen LogP contribution in [0.15, 0.2) is 54.6 Å². The van der Waals surface area contributed by atoms with Crippen LogP contribution in [0.5, 0.6) is 0 Å². The molecule has 4 rings (SSSR count). The maximum Gasteiger partial charge on any atom is 0.269 e. The molecule has 0 atom stereocenters. The summed E-state index contributed by atoms with van der Waals surface area (Å²) in [6.07, 6.45) is 3.82. The molecule has 0 saturated carbocycles. The summed E-state index contributed by atoms with van der Waals surface area (Å²) >= 11 is 1.45. The van der Waals surface area contributed by atoms with Crippen LogP contribution in [0.2, 0.25) is 0 Å². The maximum absolute atomic E-state index is 13.1. The molecule has 1 amide bonds. The molecule has 146 valence electrons. The van der Waals surface area contributed by atoms with Gasteiger partial charge in [-0.25, -0.2) is 0 Å². The highest BCUT2D eigenvalue weighted by atomic mass is 32.1. The summed E-state index contributed by atoms with van der Waals surface area (Å²) in [7, 11) is 0. The van der Waals surface area contributed by atoms with Gasteiger partial charge in [-0.2, -0.15) is 0 Å². The van der Waals surface area contributed by atoms with Crippen LogP contribution in [0.1, 0.15) is 48.9 Å². The standard InChI is InChI=1S/C22H18N2O4S/c25-20(14-6-2-1-3-7-14)21-19(17-8-4-5-9-18(17)29-21)23-22(26)15-10-12-16(13-11-15)24(27)28/h1-3,6-7,10-13H,4-5,8-9H2,(H,23,26). The van der Waals surface area contributed by atoms with Crippen LogP contribution in [-0.2, 0) is 12.8 Å². The predicted molar refractivity (Wildman–Crippen MR) is 112 cm³/mol. The number of aryl methyl sites for hydroxylation is 1. The first kappa shape index (κ1) is 19.0. The van der Waals surface area contributed by atoms with Crippen molar-refractivity contribution >= 4 is 34.4 Å². The average Bonchev–Trinajstić information content (AvgIpc) is 3.12. The van der Waals surface area contributed by atoms with E-state index < -0.39 is 4.92 Å². The van der Waals surface area contributed by atoms with E-state index in [-0.39, 0.29) is 17.4 Å². The molecule has 1 heterocycles. The van der Waals surface area contributed by atoms with Gasteiger partial charge in [-0.15, -0.1) is 11.3 Å². The lowest BCUT2D eigenvalue weighted by atomic mass is 9.96. The Labute approximate surface area is 171 Å². The minimum Gasteiger partial charge on any atom is -0.320 e. The number of hydrogen-bond acceptors (Lipinski definition) is 5. The van der Waals surface area contributed by atoms with Gasteiger partial charge in [0.2, 0.25) is 5.78 Å². The number of hydrogen-bond donors (Lipinski definition) is 1. The number of rotatable bonds is 5. The van der Waals surface area contributed by atoms with Gasteiger partial charge in [0, 0.05) is 28.1 Å². The van der Waals surface area contributed by atoms with E-state index in [1.165, 1.54) is 35.6 Å². The highest BCUT2D eigenvalue weighted by molar-refractivity contribution is 7.15. The highest BCUT2D eigenvalue weighted by Gasteiger charge is 2.26. The molecule has 0 spiro atoms. The molecule has 0 aliphatic heterocycles. The highest BCUT2D eigenvalue weighted by Crippen LogP contribution is 2.39. The molecule has 7 heteroatoms. The third-order valence-electron chi connectivity index (χ3n) is 4.99. The first-order valence-electron chi connectivity index (χ1n) is 9.34. The summed E-state index contributed by atoms with van der Waals surface area (Å²) in [4.78, 5) is 37.9. The van der Waals surface area contributed by atoms with E-state index in [4.69, 9.17) is 0 Å². The van der Waals surface area contributed by atoms with Crippen LogP contribution < -0.4 is 5.32 Å². The summed E-state index contributed by atoms with van der Waals surface area (Å²) in [6.45, 7) is 0. The lowest BCUT2D eigenvalue weighted by Gasteiger charge is -2.14. The second-order valence-corrected chi connectivity index (χ2v) is 7.97. The van der Waals surface area contributed by atoms with E-state index in [0.29, 0.717) is 21.7 Å². The Morgan fingerprint density at radius 2 is 1.62 bits per heavy atom. The Morgan fingerprint density at radius 1 is 0.931 bits per heavy atom. The van der Waals surface area contributed by atoms with Gasteiger partial charge in [-0.3, -0.25) is 19.7 Å². The molecule has 29 heavy (non-hydrogen) atoms. The molecular weight excluding hydrogens is 388 g/mol. The summed E-state index contributed by atoms with van der Waals surface area (Å²) in [5.74, 6) is -0.489. The topological polar surface area (TPSA) is 89.3 Å². The lowest BCUT2D eigenvalue weighted by Crippen LogP contribution is -2.16. The van der Waals surface area contributed by atoms with Crippen molar-refractivity contribution in [3.63, 3.8) is 0 Å². The Hall–Kier alpha value is -3.32. The molecule has 1 N–H and O–H groups in total. The fraction of sp³-hybridized carbons (Fsp3) is 0.182. The van der Waals surface area contributed by atoms with Crippen molar-refractivity contribution in [1.82, 2.24) is 0 Å². The summed E-state index contributed by atoms with van der Waals surface area (Å²) < 4.78 is 0. The lowest BCUT2D eigenvalue weighted by molar-refractivity contribution is -0.384. The number of nitro benzene ring substituents is 1. The van der Waals surface area contributed by atoms with Crippen molar-refractivity contribution in [3.8, 4) is 0 Å². The van der Waals surface area contributed by atoms with Crippen LogP contribution >= 0.6 is 11.3 Å². The summed E-state index contributed by atoms with van der Waals surface area (Å²) in [5.41, 5.74) is 2.44. The third-order valence-corrected chi connectivity index (χ3v) is 6.28. The number of nitrogens with zero attached hydrogens (tertiary/aromatic N) is 1. The van der Waals surface area contributed by atoms with Crippen LogP contribution in [0.3, 0.4) is 0 Å². The minimum atomic E-state index is -0.506. The quantitative estimate of drug-likeness (QED) is 0.366. The van der Waals surface area contributed by atoms with Gasteiger partial charge in [-0.05, 0) is 43.4 Å². The van der Waals surface area contributed by atoms with E-state index >= 15 is 0 Å². The second kappa shape index (κ2) is 7.97. The fourth-order valence-corrected chi connectivity index (χ4v) is 4.81. The van der Waals surface area contributed by atoms with Gasteiger partial charge >= 0.3 is 0 Å². The predicted octanol–water partition coefficient (Wildman–Crippen LogP) is 5.02. The molecule has 3 aromatic rings. The number of amides is 1. The SMILES string of the molecule is O=C(Nc1c(C(=O)c2ccccc2)sc2c1CCCC2)c1ccc([N+](=O)[O-])cc1. The van der Waals surface area contributed by atoms with Gasteiger partial charge in [0.1, 0.15) is 0 Å². The van der Waals surface area contributed by atoms with Crippen molar-refractivity contribution in [2.45, 2.75) is 25.7 Å². The van der Waals surface area contributed by atoms with E-state index in [9.17, 15) is 19.7 Å². The van der Waals surface area contributed by atoms with Crippen LogP contribution in [0.25, 0.3) is 0 Å². The number of nitrogens with one attached hydrogen (secondary N) is 1. The van der Waals surface area contributed by atoms with Crippen LogP contribution in [-0.4, -0.2) is 16.6 Å². The minimum absolute atomic E-state index is 0.0746. The Morgan fingerprint density at radius 3 is 2.31 bits per heavy atom. The van der Waals surface area contributed by atoms with Crippen LogP contribution in [0, 0.1) is 10.1 Å². The average molecular weight is 406 g/mol. The zero-order valence-corrected chi connectivity index (χ0v) is 16.3. The zero-order valence-electron chi connectivity index (χ0n) is 15.5. The van der Waals surface area contributed by atoms with Crippen molar-refractivity contribution in [3.05, 3.63) is 91.2 Å². The van der Waals surface area contributed by atoms with Gasteiger partial charge in [0.15, 0.2) is 0 Å². The molecule has 0 bridgehead atoms. The van der Waals surface area contributed by atoms with Gasteiger partial charge < -0.3 is 5.32 Å². The zero-order chi connectivity index (χ0) is 20.4. The first-order valence-corrected chi connectivity index (χ1v) is 10.2. The molecule has 6 nitrogen and oxygen atoms in total. The number of anilines is 1. The number of thiophene rings is 1. The van der Waals surface area contributed by atoms with Gasteiger partial charge in [-0.1, -0.05) is 30.3 Å². The maximum atomic E-state index is 13.1. The van der Waals surface area contributed by atoms with E-state index in [0.717, 1.165) is 36.1 Å². The summed E-state index contributed by atoms with van der Waals surface area (Å²) in [5, 5.41) is 13.7. The first-order chi connectivity index (χ1) is 14.0. The van der Waals surface area contributed by atoms with Crippen molar-refractivity contribution in [2.75, 3.05) is 5.32 Å². The molecule has 2 aromatic carbocycles. The van der Waals surface area contributed by atoms with Gasteiger partial charge in [0.05, 0.1) is 15.5 Å². The molecule has 0 saturated heterocycles. The molecule has 0 radical (unpaired) electrons. The smallest absolute Gasteiger partial charge is 0.269 e. The van der Waals surface area contributed by atoms with Gasteiger partial charge in [0.25, 0.3) is 11.6 Å². The molecule has 1 aliphatic carbocycles. The largest absolute Gasteiger partial charge is 0.320 e. The van der Waals surface area contributed by atoms with E-state index in [1.54, 1.807) is 12.1 Å². The molecule has 0 unspecified atom stereocenters. The van der Waals surface area contributed by atoms with E-state index in [2.05, 4.69) is 5.32 Å². The number of non-ortho nitro benzene ring substituents is 1. The number of carbonyl (C=O) groups is 2. The van der Waals surface area contributed by atoms with Crippen molar-refractivity contribution < 1.29 is 14.5 Å². The molecular formula is C22H18N2O4S. The molecule has 0 fully saturated rings. The number of benzene rings is 2. The van der Waals surface area contributed by atoms with E-state index in [1.807, 2.05) is 18.2 Å². The summed E-state index contributed by atoms with van der Waals surface area (Å²) in [6, 6.07) is 14.5. The molecule has 1 aromatic heterocycles. The Kier molecular flexibility index (Phi) is 5.22. The van der Waals surface area contributed by atoms with Crippen LogP contribution in [0.4, 0.5) is 11.4 Å². The third kappa shape index (κ3) is 3.82. The normalized spacial score (nSPS) is 12.8. The van der Waals surface area contributed by atoms with Crippen molar-refractivity contribution in [2.24, 2.45) is 0 Å². The number of carbonyl (C=O) groups excluding carboxylic acids is 2. The monoisotopic (exact) mass is 406 g/mol. The number of fused-ring (bicyclic) bond motifs is 1.